The number of esters is 1. The van der Waals surface area contributed by atoms with Gasteiger partial charge in [0.2, 0.25) is 11.0 Å². The molecular weight excluding hydrogens is 374 g/mol. The molecule has 0 aliphatic rings. The van der Waals surface area contributed by atoms with E-state index in [0.29, 0.717) is 23.2 Å². The quantitative estimate of drug-likeness (QED) is 0.652. The molecule has 0 aliphatic carbocycles. The zero-order chi connectivity index (χ0) is 18.9. The van der Waals surface area contributed by atoms with Gasteiger partial charge in [0.15, 0.2) is 0 Å². The molecule has 2 rings (SSSR count). The minimum atomic E-state index is -0.354. The number of hydrogen-bond donors (Lipinski definition) is 1. The van der Waals surface area contributed by atoms with Crippen LogP contribution in [0.25, 0.3) is 10.6 Å². The number of ether oxygens (including phenoxy) is 2. The Morgan fingerprint density at radius 1 is 1.23 bits per heavy atom. The molecule has 0 saturated heterocycles. The number of carbonyl (C=O) groups excluding carboxylic acids is 2. The molecule has 0 saturated carbocycles. The lowest BCUT2D eigenvalue weighted by molar-refractivity contribution is -0.139. The number of amides is 1. The van der Waals surface area contributed by atoms with Crippen molar-refractivity contribution in [3.05, 3.63) is 24.3 Å². The lowest BCUT2D eigenvalue weighted by Gasteiger charge is -2.12. The van der Waals surface area contributed by atoms with Gasteiger partial charge in [-0.25, -0.2) is 0 Å². The smallest absolute Gasteiger partial charge is 0.315 e. The third kappa shape index (κ3) is 5.70. The van der Waals surface area contributed by atoms with Crippen LogP contribution in [-0.4, -0.2) is 46.8 Å². The lowest BCUT2D eigenvalue weighted by atomic mass is 10.2. The summed E-state index contributed by atoms with van der Waals surface area (Å²) in [6.45, 7) is 3.98. The fraction of sp³-hybridized carbons (Fsp3) is 0.412. The van der Waals surface area contributed by atoms with Crippen molar-refractivity contribution in [3.63, 3.8) is 0 Å². The summed E-state index contributed by atoms with van der Waals surface area (Å²) >= 11 is 2.55. The first-order valence-electron chi connectivity index (χ1n) is 8.13. The van der Waals surface area contributed by atoms with Crippen molar-refractivity contribution in [1.82, 2.24) is 10.2 Å². The molecule has 1 atom stereocenters. The SMILES string of the molecule is CCOC(=O)CSC(CC)C(=O)Nc1nnc(-c2ccc(OC)cc2)s1. The van der Waals surface area contributed by atoms with Crippen molar-refractivity contribution >= 4 is 40.1 Å². The Morgan fingerprint density at radius 3 is 2.58 bits per heavy atom. The highest BCUT2D eigenvalue weighted by Gasteiger charge is 2.20. The van der Waals surface area contributed by atoms with Gasteiger partial charge in [-0.2, -0.15) is 0 Å². The summed E-state index contributed by atoms with van der Waals surface area (Å²) in [4.78, 5) is 23.8. The third-order valence-electron chi connectivity index (χ3n) is 3.36. The molecule has 1 unspecified atom stereocenters. The van der Waals surface area contributed by atoms with E-state index in [1.165, 1.54) is 23.1 Å². The van der Waals surface area contributed by atoms with Gasteiger partial charge in [-0.05, 0) is 37.6 Å². The van der Waals surface area contributed by atoms with Crippen LogP contribution < -0.4 is 10.1 Å². The van der Waals surface area contributed by atoms with Gasteiger partial charge in [-0.15, -0.1) is 22.0 Å². The van der Waals surface area contributed by atoms with E-state index in [4.69, 9.17) is 9.47 Å². The van der Waals surface area contributed by atoms with Crippen LogP contribution >= 0.6 is 23.1 Å². The van der Waals surface area contributed by atoms with Crippen molar-refractivity contribution in [2.75, 3.05) is 24.8 Å². The van der Waals surface area contributed by atoms with Gasteiger partial charge in [0.1, 0.15) is 10.8 Å². The summed E-state index contributed by atoms with van der Waals surface area (Å²) < 4.78 is 10.0. The van der Waals surface area contributed by atoms with E-state index in [9.17, 15) is 9.59 Å². The Balaban J connectivity index is 1.95. The predicted molar refractivity (Wildman–Crippen MR) is 104 cm³/mol. The van der Waals surface area contributed by atoms with Crippen LogP contribution in [0.5, 0.6) is 5.75 Å². The maximum atomic E-state index is 12.4. The maximum Gasteiger partial charge on any atom is 0.315 e. The maximum absolute atomic E-state index is 12.4. The number of methoxy groups -OCH3 is 1. The topological polar surface area (TPSA) is 90.4 Å². The Hall–Kier alpha value is -2.13. The number of rotatable bonds is 9. The Bertz CT molecular complexity index is 734. The summed E-state index contributed by atoms with van der Waals surface area (Å²) in [7, 11) is 1.61. The average Bonchev–Trinajstić information content (AvgIpc) is 3.11. The molecule has 9 heteroatoms. The van der Waals surface area contributed by atoms with Crippen LogP contribution in [0.4, 0.5) is 5.13 Å². The summed E-state index contributed by atoms with van der Waals surface area (Å²) in [6, 6.07) is 7.45. The Labute approximate surface area is 160 Å². The van der Waals surface area contributed by atoms with Crippen LogP contribution in [0.1, 0.15) is 20.3 Å². The predicted octanol–water partition coefficient (Wildman–Crippen LogP) is 3.23. The van der Waals surface area contributed by atoms with E-state index in [2.05, 4.69) is 15.5 Å². The largest absolute Gasteiger partial charge is 0.497 e. The number of thioether (sulfide) groups is 1. The number of aromatic nitrogens is 2. The molecule has 26 heavy (non-hydrogen) atoms. The summed E-state index contributed by atoms with van der Waals surface area (Å²) in [5.74, 6) is 0.393. The molecule has 0 aliphatic heterocycles. The highest BCUT2D eigenvalue weighted by atomic mass is 32.2. The van der Waals surface area contributed by atoms with Crippen molar-refractivity contribution in [1.29, 1.82) is 0 Å². The van der Waals surface area contributed by atoms with Gasteiger partial charge < -0.3 is 9.47 Å². The number of nitrogens with one attached hydrogen (secondary N) is 1. The fourth-order valence-electron chi connectivity index (χ4n) is 2.06. The van der Waals surface area contributed by atoms with Crippen LogP contribution in [0.3, 0.4) is 0 Å². The van der Waals surface area contributed by atoms with Gasteiger partial charge in [0.25, 0.3) is 0 Å². The molecule has 1 heterocycles. The second-order valence-electron chi connectivity index (χ2n) is 5.14. The highest BCUT2D eigenvalue weighted by Crippen LogP contribution is 2.28. The first-order valence-corrected chi connectivity index (χ1v) is 9.99. The molecule has 7 nitrogen and oxygen atoms in total. The van der Waals surface area contributed by atoms with E-state index < -0.39 is 0 Å². The minimum absolute atomic E-state index is 0.146. The molecule has 1 aromatic heterocycles. The van der Waals surface area contributed by atoms with Crippen LogP contribution in [0.2, 0.25) is 0 Å². The van der Waals surface area contributed by atoms with E-state index in [-0.39, 0.29) is 22.9 Å². The monoisotopic (exact) mass is 395 g/mol. The second-order valence-corrected chi connectivity index (χ2v) is 7.31. The molecular formula is C17H21N3O4S2. The van der Waals surface area contributed by atoms with Gasteiger partial charge in [-0.1, -0.05) is 18.3 Å². The summed E-state index contributed by atoms with van der Waals surface area (Å²) in [6.07, 6.45) is 0.597. The van der Waals surface area contributed by atoms with Crippen LogP contribution in [0.15, 0.2) is 24.3 Å². The van der Waals surface area contributed by atoms with Crippen LogP contribution in [-0.2, 0) is 14.3 Å². The number of benzene rings is 1. The van der Waals surface area contributed by atoms with E-state index in [0.717, 1.165) is 11.3 Å². The van der Waals surface area contributed by atoms with E-state index in [1.807, 2.05) is 31.2 Å². The van der Waals surface area contributed by atoms with Crippen molar-refractivity contribution < 1.29 is 19.1 Å². The molecule has 1 N–H and O–H groups in total. The molecule has 2 aromatic rings. The van der Waals surface area contributed by atoms with E-state index in [1.54, 1.807) is 14.0 Å². The number of nitrogens with zero attached hydrogens (tertiary/aromatic N) is 2. The standard InChI is InChI=1S/C17H21N3O4S2/c1-4-13(25-10-14(21)24-5-2)15(22)18-17-20-19-16(26-17)11-6-8-12(23-3)9-7-11/h6-9,13H,4-5,10H2,1-3H3,(H,18,20,22). The molecule has 0 radical (unpaired) electrons. The molecule has 0 spiro atoms. The zero-order valence-corrected chi connectivity index (χ0v) is 16.5. The average molecular weight is 396 g/mol. The summed E-state index contributed by atoms with van der Waals surface area (Å²) in [5.41, 5.74) is 0.896. The van der Waals surface area contributed by atoms with Crippen molar-refractivity contribution in [3.8, 4) is 16.3 Å². The van der Waals surface area contributed by atoms with Gasteiger partial charge in [0.05, 0.1) is 24.7 Å². The summed E-state index contributed by atoms with van der Waals surface area (Å²) in [5, 5.41) is 11.7. The van der Waals surface area contributed by atoms with Crippen molar-refractivity contribution in [2.45, 2.75) is 25.5 Å². The van der Waals surface area contributed by atoms with Crippen molar-refractivity contribution in [2.24, 2.45) is 0 Å². The first-order chi connectivity index (χ1) is 12.6. The van der Waals surface area contributed by atoms with Gasteiger partial charge >= 0.3 is 5.97 Å². The Morgan fingerprint density at radius 2 is 1.96 bits per heavy atom. The normalized spacial score (nSPS) is 11.7. The third-order valence-corrected chi connectivity index (χ3v) is 5.60. The zero-order valence-electron chi connectivity index (χ0n) is 14.9. The lowest BCUT2D eigenvalue weighted by Crippen LogP contribution is -2.26. The number of hydrogen-bond acceptors (Lipinski definition) is 8. The number of carbonyl (C=O) groups is 2. The molecule has 0 fully saturated rings. The minimum Gasteiger partial charge on any atom is -0.497 e. The second kappa shape index (κ2) is 10.1. The van der Waals surface area contributed by atoms with E-state index >= 15 is 0 Å². The molecule has 1 amide bonds. The fourth-order valence-corrected chi connectivity index (χ4v) is 3.68. The first kappa shape index (κ1) is 20.2. The van der Waals surface area contributed by atoms with Crippen LogP contribution in [0, 0.1) is 0 Å². The molecule has 140 valence electrons. The van der Waals surface area contributed by atoms with Gasteiger partial charge in [-0.3, -0.25) is 14.9 Å². The highest BCUT2D eigenvalue weighted by molar-refractivity contribution is 8.01. The molecule has 1 aromatic carbocycles. The molecule has 0 bridgehead atoms. The van der Waals surface area contributed by atoms with Gasteiger partial charge in [0, 0.05) is 5.56 Å². The number of anilines is 1. The Kier molecular flexibility index (Phi) is 7.86.